The first-order valence-electron chi connectivity index (χ1n) is 13.4. The van der Waals surface area contributed by atoms with Crippen LogP contribution in [0.1, 0.15) is 44.4 Å². The van der Waals surface area contributed by atoms with Crippen molar-refractivity contribution in [2.75, 3.05) is 23.3 Å². The number of piperidine rings is 1. The van der Waals surface area contributed by atoms with Crippen LogP contribution in [0.3, 0.4) is 0 Å². The van der Waals surface area contributed by atoms with Crippen LogP contribution in [0, 0.1) is 6.92 Å². The van der Waals surface area contributed by atoms with Crippen molar-refractivity contribution in [3.63, 3.8) is 0 Å². The molecule has 2 aromatic heterocycles. The van der Waals surface area contributed by atoms with Crippen LogP contribution < -0.4 is 15.5 Å². The summed E-state index contributed by atoms with van der Waals surface area (Å²) in [5, 5.41) is 15.7. The van der Waals surface area contributed by atoms with Crippen LogP contribution >= 0.6 is 0 Å². The van der Waals surface area contributed by atoms with Crippen LogP contribution in [0.2, 0.25) is 0 Å². The summed E-state index contributed by atoms with van der Waals surface area (Å²) in [5.74, 6) is 1.95. The molecule has 0 spiro atoms. The standard InChI is InChI=1S/C29H34N6O2/c1-20-33-34-28(36-20)22-13-15-24(16-14-22)35-17-7-10-23(19-35)31-25-11-5-6-12-26(25)32-29-30-18-27(37-29)21-8-3-2-4-9-21/h2-4,8-9,13-16,18,23,25-26,31H,5-7,10-12,17,19H2,1H3,(H,30,32)/t23-,25?,26?/m0/s1. The van der Waals surface area contributed by atoms with Gasteiger partial charge in [-0.15, -0.1) is 10.2 Å². The van der Waals surface area contributed by atoms with Gasteiger partial charge in [-0.3, -0.25) is 0 Å². The maximum atomic E-state index is 6.06. The summed E-state index contributed by atoms with van der Waals surface area (Å²) in [7, 11) is 0. The molecule has 4 aromatic rings. The van der Waals surface area contributed by atoms with Gasteiger partial charge >= 0.3 is 0 Å². The molecule has 2 aromatic carbocycles. The zero-order chi connectivity index (χ0) is 25.0. The minimum absolute atomic E-state index is 0.309. The minimum atomic E-state index is 0.309. The second kappa shape index (κ2) is 10.8. The van der Waals surface area contributed by atoms with Crippen molar-refractivity contribution < 1.29 is 8.83 Å². The van der Waals surface area contributed by atoms with Crippen molar-refractivity contribution in [3.8, 4) is 22.8 Å². The molecular formula is C29H34N6O2. The summed E-state index contributed by atoms with van der Waals surface area (Å²) in [4.78, 5) is 7.00. The van der Waals surface area contributed by atoms with Crippen molar-refractivity contribution in [2.24, 2.45) is 0 Å². The third kappa shape index (κ3) is 5.54. The van der Waals surface area contributed by atoms with E-state index in [0.29, 0.717) is 35.9 Å². The molecule has 3 atom stereocenters. The second-order valence-corrected chi connectivity index (χ2v) is 10.2. The number of benzene rings is 2. The molecule has 8 nitrogen and oxygen atoms in total. The van der Waals surface area contributed by atoms with Crippen LogP contribution in [-0.2, 0) is 0 Å². The number of rotatable bonds is 7. The lowest BCUT2D eigenvalue weighted by Crippen LogP contribution is -2.54. The van der Waals surface area contributed by atoms with Gasteiger partial charge in [-0.25, -0.2) is 4.98 Å². The van der Waals surface area contributed by atoms with Crippen molar-refractivity contribution in [1.82, 2.24) is 20.5 Å². The number of oxazole rings is 1. The van der Waals surface area contributed by atoms with Crippen molar-refractivity contribution in [2.45, 2.75) is 63.6 Å². The molecule has 2 unspecified atom stereocenters. The predicted molar refractivity (Wildman–Crippen MR) is 144 cm³/mol. The summed E-state index contributed by atoms with van der Waals surface area (Å²) in [5.41, 5.74) is 3.23. The molecule has 1 aliphatic carbocycles. The van der Waals surface area contributed by atoms with Crippen LogP contribution in [-0.4, -0.2) is 46.4 Å². The zero-order valence-electron chi connectivity index (χ0n) is 21.3. The van der Waals surface area contributed by atoms with Crippen molar-refractivity contribution in [3.05, 3.63) is 66.7 Å². The first kappa shape index (κ1) is 23.7. The molecule has 3 heterocycles. The summed E-state index contributed by atoms with van der Waals surface area (Å²) >= 11 is 0. The van der Waals surface area contributed by atoms with E-state index in [1.165, 1.54) is 37.8 Å². The van der Waals surface area contributed by atoms with Crippen LogP contribution in [0.15, 0.2) is 69.6 Å². The highest BCUT2D eigenvalue weighted by molar-refractivity contribution is 5.59. The molecule has 37 heavy (non-hydrogen) atoms. The number of anilines is 2. The smallest absolute Gasteiger partial charge is 0.295 e. The third-order valence-electron chi connectivity index (χ3n) is 7.52. The fourth-order valence-corrected chi connectivity index (χ4v) is 5.62. The summed E-state index contributed by atoms with van der Waals surface area (Å²) in [6.45, 7) is 3.88. The summed E-state index contributed by atoms with van der Waals surface area (Å²) in [6, 6.07) is 20.4. The maximum absolute atomic E-state index is 6.06. The van der Waals surface area contributed by atoms with Gasteiger partial charge in [0, 0.05) is 55.0 Å². The topological polar surface area (TPSA) is 92.2 Å². The maximum Gasteiger partial charge on any atom is 0.295 e. The van der Waals surface area contributed by atoms with E-state index in [4.69, 9.17) is 8.83 Å². The van der Waals surface area contributed by atoms with Gasteiger partial charge in [0.1, 0.15) is 0 Å². The highest BCUT2D eigenvalue weighted by atomic mass is 16.4. The lowest BCUT2D eigenvalue weighted by molar-refractivity contribution is 0.290. The number of hydrogen-bond donors (Lipinski definition) is 2. The molecule has 0 amide bonds. The SMILES string of the molecule is Cc1nnc(-c2ccc(N3CCC[C@H](NC4CCCCC4Nc4ncc(-c5ccccc5)o4)C3)cc2)o1. The summed E-state index contributed by atoms with van der Waals surface area (Å²) < 4.78 is 11.6. The van der Waals surface area contributed by atoms with Gasteiger partial charge in [-0.2, -0.15) is 0 Å². The Morgan fingerprint density at radius 2 is 1.65 bits per heavy atom. The molecule has 8 heteroatoms. The number of nitrogens with zero attached hydrogens (tertiary/aromatic N) is 4. The number of aromatic nitrogens is 3. The average molecular weight is 499 g/mol. The van der Waals surface area contributed by atoms with E-state index in [1.54, 1.807) is 0 Å². The van der Waals surface area contributed by atoms with E-state index in [1.807, 2.05) is 43.5 Å². The highest BCUT2D eigenvalue weighted by Crippen LogP contribution is 2.28. The lowest BCUT2D eigenvalue weighted by Gasteiger charge is -2.40. The number of hydrogen-bond acceptors (Lipinski definition) is 8. The zero-order valence-corrected chi connectivity index (χ0v) is 21.3. The Labute approximate surface area is 217 Å². The van der Waals surface area contributed by atoms with Crippen LogP contribution in [0.25, 0.3) is 22.8 Å². The predicted octanol–water partition coefficient (Wildman–Crippen LogP) is 5.68. The molecule has 192 valence electrons. The molecule has 1 aliphatic heterocycles. The van der Waals surface area contributed by atoms with E-state index >= 15 is 0 Å². The molecular weight excluding hydrogens is 464 g/mol. The van der Waals surface area contributed by atoms with E-state index < -0.39 is 0 Å². The van der Waals surface area contributed by atoms with Gasteiger partial charge in [-0.05, 0) is 49.9 Å². The van der Waals surface area contributed by atoms with Crippen molar-refractivity contribution >= 4 is 11.7 Å². The Morgan fingerprint density at radius 3 is 2.43 bits per heavy atom. The quantitative estimate of drug-likeness (QED) is 0.336. The minimum Gasteiger partial charge on any atom is -0.424 e. The van der Waals surface area contributed by atoms with Gasteiger partial charge < -0.3 is 24.4 Å². The number of aryl methyl sites for hydroxylation is 1. The largest absolute Gasteiger partial charge is 0.424 e. The normalized spacial score (nSPS) is 22.2. The van der Waals surface area contributed by atoms with Gasteiger partial charge in [0.15, 0.2) is 5.76 Å². The van der Waals surface area contributed by atoms with Gasteiger partial charge in [0.2, 0.25) is 11.8 Å². The lowest BCUT2D eigenvalue weighted by atomic mass is 9.89. The Hall–Kier alpha value is -3.65. The summed E-state index contributed by atoms with van der Waals surface area (Å²) in [6.07, 6.45) is 8.94. The Balaban J connectivity index is 1.08. The van der Waals surface area contributed by atoms with Crippen molar-refractivity contribution in [1.29, 1.82) is 0 Å². The highest BCUT2D eigenvalue weighted by Gasteiger charge is 2.30. The monoisotopic (exact) mass is 498 g/mol. The van der Waals surface area contributed by atoms with Gasteiger partial charge in [-0.1, -0.05) is 43.2 Å². The Morgan fingerprint density at radius 1 is 0.838 bits per heavy atom. The molecule has 6 rings (SSSR count). The Bertz CT molecular complexity index is 1290. The molecule has 2 N–H and O–H groups in total. The van der Waals surface area contributed by atoms with Crippen LogP contribution in [0.4, 0.5) is 11.7 Å². The second-order valence-electron chi connectivity index (χ2n) is 10.2. The van der Waals surface area contributed by atoms with E-state index in [-0.39, 0.29) is 0 Å². The third-order valence-corrected chi connectivity index (χ3v) is 7.52. The van der Waals surface area contributed by atoms with E-state index in [9.17, 15) is 0 Å². The van der Waals surface area contributed by atoms with Gasteiger partial charge in [0.05, 0.1) is 6.20 Å². The van der Waals surface area contributed by atoms with Gasteiger partial charge in [0.25, 0.3) is 6.01 Å². The van der Waals surface area contributed by atoms with E-state index in [0.717, 1.165) is 36.4 Å². The number of nitrogens with one attached hydrogen (secondary N) is 2. The molecule has 1 saturated heterocycles. The fourth-order valence-electron chi connectivity index (χ4n) is 5.62. The molecule has 2 aliphatic rings. The fraction of sp³-hybridized carbons (Fsp3) is 0.414. The molecule has 2 fully saturated rings. The molecule has 0 radical (unpaired) electrons. The molecule has 0 bridgehead atoms. The van der Waals surface area contributed by atoms with Crippen LogP contribution in [0.5, 0.6) is 0 Å². The Kier molecular flexibility index (Phi) is 6.90. The first-order valence-corrected chi connectivity index (χ1v) is 13.4. The molecule has 1 saturated carbocycles. The first-order chi connectivity index (χ1) is 18.2. The van der Waals surface area contributed by atoms with E-state index in [2.05, 4.69) is 55.0 Å². The average Bonchev–Trinajstić information content (AvgIpc) is 3.60.